The molecule has 1 amide bonds. The van der Waals surface area contributed by atoms with E-state index < -0.39 is 11.4 Å². The van der Waals surface area contributed by atoms with Gasteiger partial charge in [0.25, 0.3) is 0 Å². The molecule has 2 fully saturated rings. The summed E-state index contributed by atoms with van der Waals surface area (Å²) in [5.41, 5.74) is 0.119. The zero-order valence-electron chi connectivity index (χ0n) is 12.7. The molecule has 0 spiro atoms. The molecule has 0 aromatic heterocycles. The first-order valence-corrected chi connectivity index (χ1v) is 7.73. The molecule has 2 aliphatic rings. The topological polar surface area (TPSA) is 66.8 Å². The Morgan fingerprint density at radius 3 is 2.50 bits per heavy atom. The molecule has 1 aromatic rings. The molecule has 5 nitrogen and oxygen atoms in total. The van der Waals surface area contributed by atoms with Crippen molar-refractivity contribution in [3.05, 3.63) is 29.8 Å². The fraction of sp³-hybridized carbons (Fsp3) is 0.529. The quantitative estimate of drug-likeness (QED) is 0.867. The second-order valence-electron chi connectivity index (χ2n) is 6.23. The summed E-state index contributed by atoms with van der Waals surface area (Å²) in [6, 6.07) is 8.03. The van der Waals surface area contributed by atoms with Crippen molar-refractivity contribution in [2.45, 2.75) is 31.6 Å². The molecular weight excluding hydrogens is 282 g/mol. The average Bonchev–Trinajstić information content (AvgIpc) is 3.36. The number of benzene rings is 1. The molecule has 0 unspecified atom stereocenters. The zero-order valence-corrected chi connectivity index (χ0v) is 12.7. The van der Waals surface area contributed by atoms with E-state index in [0.717, 1.165) is 18.6 Å². The van der Waals surface area contributed by atoms with E-state index in [1.165, 1.54) is 5.56 Å². The number of hydrogen-bond donors (Lipinski definition) is 1. The SMILES string of the molecule is COc1cccc(C2CCN(C(=O)C3(C(=O)O)CC3)CC2)c1. The normalized spacial score (nSPS) is 20.5. The highest BCUT2D eigenvalue weighted by Crippen LogP contribution is 2.48. The number of methoxy groups -OCH3 is 1. The fourth-order valence-electron chi connectivity index (χ4n) is 3.26. The summed E-state index contributed by atoms with van der Waals surface area (Å²) in [6.45, 7) is 1.27. The van der Waals surface area contributed by atoms with Gasteiger partial charge in [0.05, 0.1) is 7.11 Å². The predicted octanol–water partition coefficient (Wildman–Crippen LogP) is 2.27. The van der Waals surface area contributed by atoms with Crippen LogP contribution in [-0.2, 0) is 9.59 Å². The van der Waals surface area contributed by atoms with Crippen LogP contribution in [0.5, 0.6) is 5.75 Å². The van der Waals surface area contributed by atoms with Crippen molar-refractivity contribution in [3.8, 4) is 5.75 Å². The summed E-state index contributed by atoms with van der Waals surface area (Å²) in [6.07, 6.45) is 2.71. The maximum atomic E-state index is 12.4. The fourth-order valence-corrected chi connectivity index (χ4v) is 3.26. The van der Waals surface area contributed by atoms with Crippen LogP contribution in [0.25, 0.3) is 0 Å². The van der Waals surface area contributed by atoms with Crippen LogP contribution in [-0.4, -0.2) is 42.1 Å². The van der Waals surface area contributed by atoms with Crippen molar-refractivity contribution in [3.63, 3.8) is 0 Å². The summed E-state index contributed by atoms with van der Waals surface area (Å²) in [4.78, 5) is 25.4. The van der Waals surface area contributed by atoms with E-state index in [1.807, 2.05) is 18.2 Å². The third-order valence-corrected chi connectivity index (χ3v) is 4.92. The van der Waals surface area contributed by atoms with Crippen molar-refractivity contribution in [1.82, 2.24) is 4.90 Å². The number of likely N-dealkylation sites (tertiary alicyclic amines) is 1. The second kappa shape index (κ2) is 5.63. The van der Waals surface area contributed by atoms with E-state index in [1.54, 1.807) is 12.0 Å². The van der Waals surface area contributed by atoms with Gasteiger partial charge in [-0.05, 0) is 49.3 Å². The number of carbonyl (C=O) groups excluding carboxylic acids is 1. The van der Waals surface area contributed by atoms with Gasteiger partial charge >= 0.3 is 5.97 Å². The van der Waals surface area contributed by atoms with E-state index in [4.69, 9.17) is 4.74 Å². The van der Waals surface area contributed by atoms with Crippen LogP contribution < -0.4 is 4.74 Å². The number of aliphatic carboxylic acids is 1. The Labute approximate surface area is 129 Å². The molecule has 1 aromatic carbocycles. The largest absolute Gasteiger partial charge is 0.497 e. The molecule has 5 heteroatoms. The van der Waals surface area contributed by atoms with Crippen LogP contribution in [0.1, 0.15) is 37.2 Å². The van der Waals surface area contributed by atoms with Gasteiger partial charge in [-0.25, -0.2) is 0 Å². The van der Waals surface area contributed by atoms with Gasteiger partial charge in [0.1, 0.15) is 11.2 Å². The molecule has 118 valence electrons. The first kappa shape index (κ1) is 14.9. The van der Waals surface area contributed by atoms with Crippen LogP contribution in [0.3, 0.4) is 0 Å². The van der Waals surface area contributed by atoms with Crippen molar-refractivity contribution < 1.29 is 19.4 Å². The Hall–Kier alpha value is -2.04. The zero-order chi connectivity index (χ0) is 15.7. The van der Waals surface area contributed by atoms with E-state index in [-0.39, 0.29) is 5.91 Å². The molecule has 3 rings (SSSR count). The van der Waals surface area contributed by atoms with E-state index >= 15 is 0 Å². The summed E-state index contributed by atoms with van der Waals surface area (Å²) in [5, 5.41) is 9.23. The number of carbonyl (C=O) groups is 2. The lowest BCUT2D eigenvalue weighted by Gasteiger charge is -2.33. The Kier molecular flexibility index (Phi) is 3.81. The Bertz CT molecular complexity index is 586. The Morgan fingerprint density at radius 2 is 1.95 bits per heavy atom. The van der Waals surface area contributed by atoms with Crippen LogP contribution in [0.4, 0.5) is 0 Å². The van der Waals surface area contributed by atoms with Crippen LogP contribution >= 0.6 is 0 Å². The lowest BCUT2D eigenvalue weighted by Crippen LogP contribution is -2.44. The Balaban J connectivity index is 1.63. The first-order valence-electron chi connectivity index (χ1n) is 7.73. The lowest BCUT2D eigenvalue weighted by molar-refractivity contribution is -0.153. The number of rotatable bonds is 4. The number of carboxylic acid groups (broad SMARTS) is 1. The van der Waals surface area contributed by atoms with Crippen molar-refractivity contribution in [1.29, 1.82) is 0 Å². The molecule has 22 heavy (non-hydrogen) atoms. The highest BCUT2D eigenvalue weighted by Gasteiger charge is 2.58. The summed E-state index contributed by atoms with van der Waals surface area (Å²) in [7, 11) is 1.65. The van der Waals surface area contributed by atoms with E-state index in [2.05, 4.69) is 6.07 Å². The number of hydrogen-bond acceptors (Lipinski definition) is 3. The number of piperidine rings is 1. The Morgan fingerprint density at radius 1 is 1.27 bits per heavy atom. The lowest BCUT2D eigenvalue weighted by atomic mass is 9.88. The summed E-state index contributed by atoms with van der Waals surface area (Å²) >= 11 is 0. The van der Waals surface area contributed by atoms with Crippen molar-refractivity contribution >= 4 is 11.9 Å². The van der Waals surface area contributed by atoms with Gasteiger partial charge < -0.3 is 14.7 Å². The molecule has 0 radical (unpaired) electrons. The second-order valence-corrected chi connectivity index (χ2v) is 6.23. The number of carboxylic acids is 1. The molecule has 1 N–H and O–H groups in total. The molecular formula is C17H21NO4. The van der Waals surface area contributed by atoms with Crippen molar-refractivity contribution in [2.75, 3.05) is 20.2 Å². The smallest absolute Gasteiger partial charge is 0.319 e. The van der Waals surface area contributed by atoms with Gasteiger partial charge in [0, 0.05) is 13.1 Å². The van der Waals surface area contributed by atoms with Gasteiger partial charge in [0.15, 0.2) is 0 Å². The van der Waals surface area contributed by atoms with E-state index in [9.17, 15) is 14.7 Å². The highest BCUT2D eigenvalue weighted by atomic mass is 16.5. The molecule has 1 aliphatic carbocycles. The minimum Gasteiger partial charge on any atom is -0.497 e. The predicted molar refractivity (Wildman–Crippen MR) is 80.9 cm³/mol. The van der Waals surface area contributed by atoms with Crippen LogP contribution in [0.15, 0.2) is 24.3 Å². The number of amides is 1. The third-order valence-electron chi connectivity index (χ3n) is 4.92. The summed E-state index contributed by atoms with van der Waals surface area (Å²) < 4.78 is 5.25. The molecule has 1 heterocycles. The maximum Gasteiger partial charge on any atom is 0.319 e. The molecule has 1 aliphatic heterocycles. The molecule has 1 saturated heterocycles. The number of ether oxygens (including phenoxy) is 1. The summed E-state index contributed by atoms with van der Waals surface area (Å²) in [5.74, 6) is 0.0921. The minimum absolute atomic E-state index is 0.191. The molecule has 0 bridgehead atoms. The first-order chi connectivity index (χ1) is 10.6. The van der Waals surface area contributed by atoms with E-state index in [0.29, 0.717) is 31.8 Å². The van der Waals surface area contributed by atoms with Gasteiger partial charge in [-0.15, -0.1) is 0 Å². The minimum atomic E-state index is -1.11. The van der Waals surface area contributed by atoms with Crippen molar-refractivity contribution in [2.24, 2.45) is 5.41 Å². The van der Waals surface area contributed by atoms with Gasteiger partial charge in [0.2, 0.25) is 5.91 Å². The van der Waals surface area contributed by atoms with Gasteiger partial charge in [-0.2, -0.15) is 0 Å². The monoisotopic (exact) mass is 303 g/mol. The number of nitrogens with zero attached hydrogens (tertiary/aromatic N) is 1. The van der Waals surface area contributed by atoms with Crippen LogP contribution in [0.2, 0.25) is 0 Å². The van der Waals surface area contributed by atoms with Crippen LogP contribution in [0, 0.1) is 5.41 Å². The molecule has 1 saturated carbocycles. The third kappa shape index (κ3) is 2.56. The average molecular weight is 303 g/mol. The highest BCUT2D eigenvalue weighted by molar-refractivity contribution is 6.04. The van der Waals surface area contributed by atoms with Gasteiger partial charge in [-0.3, -0.25) is 9.59 Å². The molecule has 0 atom stereocenters. The maximum absolute atomic E-state index is 12.4. The standard InChI is InChI=1S/C17H21NO4/c1-22-14-4-2-3-13(11-14)12-5-9-18(10-6-12)15(19)17(7-8-17)16(20)21/h2-4,11-12H,5-10H2,1H3,(H,20,21). The van der Waals surface area contributed by atoms with Gasteiger partial charge in [-0.1, -0.05) is 12.1 Å².